The number of aromatic nitrogens is 3. The van der Waals surface area contributed by atoms with Crippen LogP contribution in [0, 0.1) is 10.1 Å². The zero-order valence-electron chi connectivity index (χ0n) is 12.7. The minimum atomic E-state index is -0.433. The van der Waals surface area contributed by atoms with Gasteiger partial charge in [0.2, 0.25) is 11.6 Å². The summed E-state index contributed by atoms with van der Waals surface area (Å²) in [4.78, 5) is 27.6. The van der Waals surface area contributed by atoms with E-state index in [-0.39, 0.29) is 11.5 Å². The van der Waals surface area contributed by atoms with Gasteiger partial charge >= 0.3 is 5.69 Å². The van der Waals surface area contributed by atoms with Crippen molar-refractivity contribution < 1.29 is 4.92 Å². The number of hydrogen-bond donors (Lipinski definition) is 1. The van der Waals surface area contributed by atoms with Gasteiger partial charge in [-0.1, -0.05) is 6.92 Å². The lowest BCUT2D eigenvalue weighted by atomic mass is 10.3. The molecule has 0 spiro atoms. The van der Waals surface area contributed by atoms with Gasteiger partial charge in [0.05, 0.1) is 4.92 Å². The molecular weight excluding hydrogens is 318 g/mol. The van der Waals surface area contributed by atoms with Gasteiger partial charge in [-0.25, -0.2) is 15.0 Å². The Morgan fingerprint density at radius 1 is 1.30 bits per heavy atom. The van der Waals surface area contributed by atoms with Gasteiger partial charge in [-0.05, 0) is 6.54 Å². The van der Waals surface area contributed by atoms with E-state index in [0.29, 0.717) is 24.0 Å². The van der Waals surface area contributed by atoms with Crippen LogP contribution in [0.5, 0.6) is 0 Å². The number of likely N-dealkylation sites (N-methyl/N-ethyl adjacent to an activating group) is 1. The topological polar surface area (TPSA) is 100 Å². The normalized spacial score (nSPS) is 15.6. The van der Waals surface area contributed by atoms with Crippen molar-refractivity contribution in [3.63, 3.8) is 0 Å². The van der Waals surface area contributed by atoms with Crippen molar-refractivity contribution >= 4 is 33.8 Å². The van der Waals surface area contributed by atoms with E-state index < -0.39 is 4.92 Å². The van der Waals surface area contributed by atoms with Crippen molar-refractivity contribution in [2.24, 2.45) is 0 Å². The maximum atomic E-state index is 11.6. The molecule has 9 nitrogen and oxygen atoms in total. The lowest BCUT2D eigenvalue weighted by Gasteiger charge is -2.34. The van der Waals surface area contributed by atoms with Crippen LogP contribution < -0.4 is 10.2 Å². The van der Waals surface area contributed by atoms with Gasteiger partial charge in [0.1, 0.15) is 6.33 Å². The molecule has 1 fully saturated rings. The van der Waals surface area contributed by atoms with E-state index in [2.05, 4.69) is 32.1 Å². The summed E-state index contributed by atoms with van der Waals surface area (Å²) < 4.78 is 0. The van der Waals surface area contributed by atoms with Crippen LogP contribution in [0.4, 0.5) is 22.5 Å². The average molecular weight is 335 g/mol. The van der Waals surface area contributed by atoms with Crippen molar-refractivity contribution in [3.05, 3.63) is 28.0 Å². The number of nitrogens with zero attached hydrogens (tertiary/aromatic N) is 6. The summed E-state index contributed by atoms with van der Waals surface area (Å²) >= 11 is 1.36. The minimum absolute atomic E-state index is 0.104. The van der Waals surface area contributed by atoms with Crippen molar-refractivity contribution in [3.8, 4) is 0 Å². The molecule has 1 aliphatic rings. The molecule has 3 rings (SSSR count). The van der Waals surface area contributed by atoms with Crippen molar-refractivity contribution in [2.45, 2.75) is 6.92 Å². The summed E-state index contributed by atoms with van der Waals surface area (Å²) in [5.41, 5.74) is -0.104. The van der Waals surface area contributed by atoms with E-state index in [1.807, 2.05) is 4.90 Å². The van der Waals surface area contributed by atoms with Gasteiger partial charge in [0.25, 0.3) is 0 Å². The molecule has 0 saturated carbocycles. The second-order valence-electron chi connectivity index (χ2n) is 5.04. The fraction of sp³-hybridized carbons (Fsp3) is 0.462. The summed E-state index contributed by atoms with van der Waals surface area (Å²) in [6.45, 7) is 6.25. The first-order chi connectivity index (χ1) is 11.2. The number of piperazine rings is 1. The highest BCUT2D eigenvalue weighted by molar-refractivity contribution is 7.13. The molecule has 23 heavy (non-hydrogen) atoms. The molecule has 2 aromatic heterocycles. The molecule has 2 aromatic rings. The van der Waals surface area contributed by atoms with Gasteiger partial charge in [-0.15, -0.1) is 11.3 Å². The highest BCUT2D eigenvalue weighted by Crippen LogP contribution is 2.34. The van der Waals surface area contributed by atoms with E-state index in [1.54, 1.807) is 11.6 Å². The Kier molecular flexibility index (Phi) is 4.63. The molecule has 0 atom stereocenters. The van der Waals surface area contributed by atoms with Crippen LogP contribution in [0.2, 0.25) is 0 Å². The molecule has 3 heterocycles. The Labute approximate surface area is 137 Å². The molecule has 1 saturated heterocycles. The Morgan fingerprint density at radius 2 is 2.09 bits per heavy atom. The zero-order chi connectivity index (χ0) is 16.2. The van der Waals surface area contributed by atoms with Crippen LogP contribution in [-0.2, 0) is 0 Å². The lowest BCUT2D eigenvalue weighted by molar-refractivity contribution is -0.383. The molecule has 122 valence electrons. The molecule has 10 heteroatoms. The van der Waals surface area contributed by atoms with Crippen molar-refractivity contribution in [2.75, 3.05) is 42.9 Å². The Bertz CT molecular complexity index is 671. The van der Waals surface area contributed by atoms with Crippen LogP contribution in [0.15, 0.2) is 17.9 Å². The van der Waals surface area contributed by atoms with Gasteiger partial charge < -0.3 is 15.1 Å². The largest absolute Gasteiger partial charge is 0.353 e. The molecule has 0 unspecified atom stereocenters. The molecule has 1 aliphatic heterocycles. The van der Waals surface area contributed by atoms with Gasteiger partial charge in [0, 0.05) is 37.8 Å². The number of thiazole rings is 1. The summed E-state index contributed by atoms with van der Waals surface area (Å²) in [7, 11) is 0. The fourth-order valence-electron chi connectivity index (χ4n) is 2.52. The number of nitrogens with one attached hydrogen (secondary N) is 1. The maximum absolute atomic E-state index is 11.6. The fourth-order valence-corrected chi connectivity index (χ4v) is 3.05. The Balaban J connectivity index is 1.89. The lowest BCUT2D eigenvalue weighted by Crippen LogP contribution is -2.46. The highest BCUT2D eigenvalue weighted by atomic mass is 32.1. The SMILES string of the molecule is CCN1CCN(c2ncnc(Nc3nccs3)c2[N+](=O)[O-])CC1. The van der Waals surface area contributed by atoms with Crippen LogP contribution in [-0.4, -0.2) is 57.5 Å². The number of hydrogen-bond acceptors (Lipinski definition) is 9. The third kappa shape index (κ3) is 3.37. The van der Waals surface area contributed by atoms with Crippen LogP contribution >= 0.6 is 11.3 Å². The Hall–Kier alpha value is -2.33. The van der Waals surface area contributed by atoms with E-state index in [1.165, 1.54) is 17.7 Å². The molecule has 0 radical (unpaired) electrons. The third-order valence-electron chi connectivity index (χ3n) is 3.76. The summed E-state index contributed by atoms with van der Waals surface area (Å²) in [6, 6.07) is 0. The zero-order valence-corrected chi connectivity index (χ0v) is 13.5. The van der Waals surface area contributed by atoms with Gasteiger partial charge in [0.15, 0.2) is 5.13 Å². The standard InChI is InChI=1S/C13H17N7O2S/c1-2-18-4-6-19(7-5-18)12-10(20(21)22)11(15-9-16-12)17-13-14-3-8-23-13/h3,8-9H,2,4-7H2,1H3,(H,14,15,16,17). The second kappa shape index (κ2) is 6.84. The maximum Gasteiger partial charge on any atom is 0.353 e. The van der Waals surface area contributed by atoms with Gasteiger partial charge in [-0.3, -0.25) is 10.1 Å². The molecule has 0 amide bonds. The van der Waals surface area contributed by atoms with E-state index in [0.717, 1.165) is 19.6 Å². The molecular formula is C13H17N7O2S. The number of rotatable bonds is 5. The smallest absolute Gasteiger partial charge is 0.348 e. The second-order valence-corrected chi connectivity index (χ2v) is 5.93. The monoisotopic (exact) mass is 335 g/mol. The van der Waals surface area contributed by atoms with Gasteiger partial charge in [-0.2, -0.15) is 0 Å². The van der Waals surface area contributed by atoms with Crippen LogP contribution in [0.3, 0.4) is 0 Å². The summed E-state index contributed by atoms with van der Waals surface area (Å²) in [6.07, 6.45) is 2.98. The summed E-state index contributed by atoms with van der Waals surface area (Å²) in [5.74, 6) is 0.535. The van der Waals surface area contributed by atoms with E-state index >= 15 is 0 Å². The highest BCUT2D eigenvalue weighted by Gasteiger charge is 2.29. The predicted octanol–water partition coefficient (Wildman–Crippen LogP) is 1.73. The van der Waals surface area contributed by atoms with Crippen molar-refractivity contribution in [1.82, 2.24) is 19.9 Å². The predicted molar refractivity (Wildman–Crippen MR) is 88.4 cm³/mol. The quantitative estimate of drug-likeness (QED) is 0.651. The Morgan fingerprint density at radius 3 is 2.70 bits per heavy atom. The first-order valence-electron chi connectivity index (χ1n) is 7.32. The molecule has 0 aliphatic carbocycles. The molecule has 0 aromatic carbocycles. The average Bonchev–Trinajstić information content (AvgIpc) is 3.07. The number of nitro groups is 1. The molecule has 0 bridgehead atoms. The van der Waals surface area contributed by atoms with Crippen LogP contribution in [0.25, 0.3) is 0 Å². The van der Waals surface area contributed by atoms with Crippen molar-refractivity contribution in [1.29, 1.82) is 0 Å². The first-order valence-corrected chi connectivity index (χ1v) is 8.20. The van der Waals surface area contributed by atoms with E-state index in [9.17, 15) is 10.1 Å². The third-order valence-corrected chi connectivity index (χ3v) is 4.45. The first kappa shape index (κ1) is 15.6. The molecule has 1 N–H and O–H groups in total. The van der Waals surface area contributed by atoms with E-state index in [4.69, 9.17) is 0 Å². The number of anilines is 3. The summed E-state index contributed by atoms with van der Waals surface area (Å²) in [5, 5.41) is 16.8. The minimum Gasteiger partial charge on any atom is -0.348 e. The van der Waals surface area contributed by atoms with Crippen LogP contribution in [0.1, 0.15) is 6.92 Å².